The molecule has 0 saturated heterocycles. The van der Waals surface area contributed by atoms with Gasteiger partial charge in [0.25, 0.3) is 0 Å². The number of hydrogen-bond acceptors (Lipinski definition) is 2. The van der Waals surface area contributed by atoms with Gasteiger partial charge in [0.05, 0.1) is 0 Å². The van der Waals surface area contributed by atoms with Crippen molar-refractivity contribution in [3.05, 3.63) is 0 Å². The lowest BCUT2D eigenvalue weighted by Crippen LogP contribution is -3.00. The Kier molecular flexibility index (Phi) is 12.0. The molecule has 0 unspecified atom stereocenters. The van der Waals surface area contributed by atoms with E-state index in [1.165, 1.54) is 31.0 Å². The highest BCUT2D eigenvalue weighted by Gasteiger charge is 1.88. The average molecular weight is 226 g/mol. The molecule has 0 bridgehead atoms. The van der Waals surface area contributed by atoms with Crippen LogP contribution in [0.15, 0.2) is 0 Å². The molecule has 0 radical (unpaired) electrons. The molecule has 0 rings (SSSR count). The van der Waals surface area contributed by atoms with E-state index in [1.807, 2.05) is 0 Å². The number of nitrogens with one attached hydrogen (secondary N) is 1. The summed E-state index contributed by atoms with van der Waals surface area (Å²) in [6.45, 7) is 2.17. The molecule has 10 heavy (non-hydrogen) atoms. The Hall–Kier alpha value is 0.300. The van der Waals surface area contributed by atoms with Gasteiger partial charge in [-0.05, 0) is 6.42 Å². The summed E-state index contributed by atoms with van der Waals surface area (Å²) in [6.07, 6.45) is 3.67. The summed E-state index contributed by atoms with van der Waals surface area (Å²) in [6, 6.07) is 0. The third-order valence-electron chi connectivity index (χ3n) is 1.01. The third kappa shape index (κ3) is 11.1. The maximum Gasteiger partial charge on any atom is 0.151 e. The van der Waals surface area contributed by atoms with Crippen LogP contribution in [0.2, 0.25) is 0 Å². The van der Waals surface area contributed by atoms with Crippen LogP contribution >= 0.6 is 11.8 Å². The van der Waals surface area contributed by atoms with Crippen LogP contribution in [-0.2, 0) is 0 Å². The van der Waals surface area contributed by atoms with Crippen LogP contribution < -0.4 is 22.7 Å². The lowest BCUT2D eigenvalue weighted by molar-refractivity contribution is -0.00000231. The molecule has 0 amide bonds. The normalized spacial score (nSPS) is 8.50. The maximum atomic E-state index is 6.87. The van der Waals surface area contributed by atoms with Crippen molar-refractivity contribution in [3.63, 3.8) is 0 Å². The topological polar surface area (TPSA) is 49.9 Å². The van der Waals surface area contributed by atoms with Gasteiger partial charge in [-0.1, -0.05) is 31.5 Å². The molecule has 0 saturated carbocycles. The molecule has 0 aromatic carbocycles. The molecule has 0 aromatic heterocycles. The quantitative estimate of drug-likeness (QED) is 0.359. The molecule has 3 N–H and O–H groups in total. The van der Waals surface area contributed by atoms with Gasteiger partial charge in [-0.25, -0.2) is 0 Å². The zero-order valence-electron chi connectivity index (χ0n) is 6.19. The van der Waals surface area contributed by atoms with E-state index in [9.17, 15) is 0 Å². The van der Waals surface area contributed by atoms with Crippen LogP contribution in [0.3, 0.4) is 0 Å². The van der Waals surface area contributed by atoms with Crippen LogP contribution in [-0.4, -0.2) is 10.9 Å². The summed E-state index contributed by atoms with van der Waals surface area (Å²) in [5.74, 6) is 1.00. The fourth-order valence-corrected chi connectivity index (χ4v) is 1.10. The zero-order chi connectivity index (χ0) is 7.11. The van der Waals surface area contributed by atoms with Gasteiger partial charge in [-0.15, -0.1) is 0 Å². The van der Waals surface area contributed by atoms with Crippen molar-refractivity contribution >= 4 is 16.9 Å². The second-order valence-corrected chi connectivity index (χ2v) is 3.06. The smallest absolute Gasteiger partial charge is 0.151 e. The Morgan fingerprint density at radius 2 is 2.10 bits per heavy atom. The minimum absolute atomic E-state index is 0. The molecule has 0 aromatic rings. The molecule has 0 heterocycles. The van der Waals surface area contributed by atoms with Crippen LogP contribution in [0.1, 0.15) is 26.2 Å². The average Bonchev–Trinajstić information content (AvgIpc) is 1.80. The Balaban J connectivity index is 0. The fourth-order valence-electron chi connectivity index (χ4n) is 0.534. The monoisotopic (exact) mass is 225 g/mol. The Labute approximate surface area is 77.2 Å². The summed E-state index contributed by atoms with van der Waals surface area (Å²) >= 11 is 1.43. The Morgan fingerprint density at radius 1 is 1.50 bits per heavy atom. The Bertz CT molecular complexity index is 87.8. The first-order chi connectivity index (χ1) is 4.27. The summed E-state index contributed by atoms with van der Waals surface area (Å²) in [7, 11) is 0. The summed E-state index contributed by atoms with van der Waals surface area (Å²) in [5.41, 5.74) is 5.12. The first-order valence-corrected chi connectivity index (χ1v) is 4.22. The van der Waals surface area contributed by atoms with Crippen molar-refractivity contribution in [1.82, 2.24) is 0 Å². The second kappa shape index (κ2) is 9.30. The van der Waals surface area contributed by atoms with Crippen LogP contribution in [0.5, 0.6) is 0 Å². The summed E-state index contributed by atoms with van der Waals surface area (Å²) < 4.78 is 0. The molecular formula is C6H14BrN2S-. The Morgan fingerprint density at radius 3 is 2.50 bits per heavy atom. The first kappa shape index (κ1) is 12.9. The summed E-state index contributed by atoms with van der Waals surface area (Å²) in [4.78, 5) is 0. The van der Waals surface area contributed by atoms with Crippen molar-refractivity contribution in [1.29, 1.82) is 5.41 Å². The lowest BCUT2D eigenvalue weighted by Gasteiger charge is -1.95. The third-order valence-corrected chi connectivity index (χ3v) is 1.81. The minimum Gasteiger partial charge on any atom is -1.00 e. The fraction of sp³-hybridized carbons (Fsp3) is 0.833. The highest BCUT2D eigenvalue weighted by Crippen LogP contribution is 2.03. The van der Waals surface area contributed by atoms with E-state index in [0.717, 1.165) is 5.75 Å². The molecule has 0 aliphatic carbocycles. The predicted octanol–water partition coefficient (Wildman–Crippen LogP) is -1.19. The molecule has 0 aliphatic rings. The molecular weight excluding hydrogens is 212 g/mol. The molecule has 0 fully saturated rings. The van der Waals surface area contributed by atoms with Gasteiger partial charge >= 0.3 is 0 Å². The van der Waals surface area contributed by atoms with E-state index in [-0.39, 0.29) is 22.1 Å². The van der Waals surface area contributed by atoms with Crippen molar-refractivity contribution in [3.8, 4) is 0 Å². The van der Waals surface area contributed by atoms with Gasteiger partial charge in [-0.2, -0.15) is 0 Å². The molecule has 2 nitrogen and oxygen atoms in total. The number of unbranched alkanes of at least 4 members (excludes halogenated alkanes) is 2. The van der Waals surface area contributed by atoms with E-state index in [4.69, 9.17) is 11.1 Å². The summed E-state index contributed by atoms with van der Waals surface area (Å²) in [5, 5.41) is 7.11. The number of thioether (sulfide) groups is 1. The largest absolute Gasteiger partial charge is 1.00 e. The van der Waals surface area contributed by atoms with Gasteiger partial charge in [0.2, 0.25) is 0 Å². The SMILES string of the molecule is CCCCCSC(=N)N.[Br-]. The van der Waals surface area contributed by atoms with E-state index in [1.54, 1.807) is 0 Å². The van der Waals surface area contributed by atoms with E-state index >= 15 is 0 Å². The van der Waals surface area contributed by atoms with Crippen molar-refractivity contribution in [2.45, 2.75) is 26.2 Å². The van der Waals surface area contributed by atoms with E-state index < -0.39 is 0 Å². The van der Waals surface area contributed by atoms with Crippen LogP contribution in [0, 0.1) is 5.41 Å². The number of amidine groups is 1. The molecule has 0 atom stereocenters. The number of nitrogens with two attached hydrogens (primary N) is 1. The minimum atomic E-state index is 0. The van der Waals surface area contributed by atoms with Crippen molar-refractivity contribution < 1.29 is 17.0 Å². The number of rotatable bonds is 4. The second-order valence-electron chi connectivity index (χ2n) is 1.92. The van der Waals surface area contributed by atoms with Gasteiger partial charge in [-0.3, -0.25) is 5.41 Å². The van der Waals surface area contributed by atoms with Gasteiger partial charge in [0, 0.05) is 5.75 Å². The maximum absolute atomic E-state index is 6.87. The van der Waals surface area contributed by atoms with Crippen LogP contribution in [0.4, 0.5) is 0 Å². The zero-order valence-corrected chi connectivity index (χ0v) is 8.59. The molecule has 0 aliphatic heterocycles. The molecule has 62 valence electrons. The highest BCUT2D eigenvalue weighted by molar-refractivity contribution is 8.13. The van der Waals surface area contributed by atoms with Crippen molar-refractivity contribution in [2.75, 3.05) is 5.75 Å². The lowest BCUT2D eigenvalue weighted by atomic mass is 10.3. The standard InChI is InChI=1S/C6H14N2S.BrH/c1-2-3-4-5-9-6(7)8;/h2-5H2,1H3,(H3,7,8);1H/p-1. The van der Waals surface area contributed by atoms with Gasteiger partial charge in [0.15, 0.2) is 5.17 Å². The first-order valence-electron chi connectivity index (χ1n) is 3.24. The van der Waals surface area contributed by atoms with Crippen LogP contribution in [0.25, 0.3) is 0 Å². The van der Waals surface area contributed by atoms with Crippen molar-refractivity contribution in [2.24, 2.45) is 5.73 Å². The van der Waals surface area contributed by atoms with E-state index in [0.29, 0.717) is 0 Å². The highest BCUT2D eigenvalue weighted by atomic mass is 79.9. The van der Waals surface area contributed by atoms with E-state index in [2.05, 4.69) is 6.92 Å². The van der Waals surface area contributed by atoms with Gasteiger partial charge in [0.1, 0.15) is 0 Å². The molecule has 4 heteroatoms. The van der Waals surface area contributed by atoms with Gasteiger partial charge < -0.3 is 22.7 Å². The molecule has 0 spiro atoms. The predicted molar refractivity (Wildman–Crippen MR) is 43.9 cm³/mol. The number of hydrogen-bond donors (Lipinski definition) is 2. The number of halogens is 1.